The van der Waals surface area contributed by atoms with Gasteiger partial charge in [-0.1, -0.05) is 86.6 Å². The lowest BCUT2D eigenvalue weighted by Crippen LogP contribution is -2.16. The molecule has 8 aromatic rings. The van der Waals surface area contributed by atoms with Crippen LogP contribution >= 0.6 is 0 Å². The molecule has 2 aromatic heterocycles. The summed E-state index contributed by atoms with van der Waals surface area (Å²) in [7, 11) is 0. The van der Waals surface area contributed by atoms with Gasteiger partial charge >= 0.3 is 0 Å². The lowest BCUT2D eigenvalue weighted by molar-refractivity contribution is 0.664. The van der Waals surface area contributed by atoms with Crippen LogP contribution in [0.1, 0.15) is 36.1 Å². The Morgan fingerprint density at radius 3 is 1.89 bits per heavy atom. The molecule has 6 aromatic carbocycles. The molecule has 210 valence electrons. The van der Waals surface area contributed by atoms with Gasteiger partial charge in [0.25, 0.3) is 0 Å². The topological polar surface area (TPSA) is 57.4 Å². The normalized spacial score (nSPS) is 13.2. The highest BCUT2D eigenvalue weighted by atomic mass is 15.0. The van der Waals surface area contributed by atoms with Gasteiger partial charge in [0.2, 0.25) is 0 Å². The van der Waals surface area contributed by atoms with Crippen molar-refractivity contribution in [2.24, 2.45) is 0 Å². The number of para-hydroxylation sites is 2. The third kappa shape index (κ3) is 3.34. The Hall–Kier alpha value is -6.10. The summed E-state index contributed by atoms with van der Waals surface area (Å²) >= 11 is 0. The molecule has 0 fully saturated rings. The van der Waals surface area contributed by atoms with E-state index < -0.39 is 0 Å². The highest BCUT2D eigenvalue weighted by molar-refractivity contribution is 6.13. The Bertz CT molecular complexity index is 2650. The van der Waals surface area contributed by atoms with Gasteiger partial charge in [-0.2, -0.15) is 10.5 Å². The summed E-state index contributed by atoms with van der Waals surface area (Å²) in [6.07, 6.45) is 0. The number of fused-ring (bicyclic) bond motifs is 10. The van der Waals surface area contributed by atoms with Gasteiger partial charge in [-0.3, -0.25) is 0 Å². The quantitative estimate of drug-likeness (QED) is 0.206. The summed E-state index contributed by atoms with van der Waals surface area (Å²) in [5.41, 5.74) is 12.3. The van der Waals surface area contributed by atoms with E-state index in [2.05, 4.69) is 114 Å². The fraction of sp³-hybridized carbons (Fsp3) is 0.0732. The first kappa shape index (κ1) is 25.4. The van der Waals surface area contributed by atoms with Crippen LogP contribution in [0.2, 0.25) is 0 Å². The molecule has 2 heterocycles. The molecule has 0 saturated carbocycles. The van der Waals surface area contributed by atoms with Crippen LogP contribution in [0, 0.1) is 22.7 Å². The van der Waals surface area contributed by atoms with Crippen LogP contribution in [0.25, 0.3) is 66.1 Å². The van der Waals surface area contributed by atoms with Crippen molar-refractivity contribution in [3.05, 3.63) is 144 Å². The molecule has 0 bridgehead atoms. The molecule has 0 N–H and O–H groups in total. The second-order valence-electron chi connectivity index (χ2n) is 12.5. The maximum Gasteiger partial charge on any atom is 0.0993 e. The van der Waals surface area contributed by atoms with Crippen molar-refractivity contribution < 1.29 is 0 Å². The highest BCUT2D eigenvalue weighted by Gasteiger charge is 2.38. The zero-order valence-corrected chi connectivity index (χ0v) is 24.8. The van der Waals surface area contributed by atoms with Gasteiger partial charge in [0.15, 0.2) is 0 Å². The third-order valence-electron chi connectivity index (χ3n) is 9.70. The fourth-order valence-electron chi connectivity index (χ4n) is 7.82. The lowest BCUT2D eigenvalue weighted by atomic mass is 9.81. The van der Waals surface area contributed by atoms with Crippen LogP contribution in [0.4, 0.5) is 0 Å². The monoisotopic (exact) mass is 574 g/mol. The van der Waals surface area contributed by atoms with Crippen molar-refractivity contribution in [1.29, 1.82) is 10.5 Å². The molecule has 4 heteroatoms. The molecule has 4 nitrogen and oxygen atoms in total. The number of nitriles is 2. The minimum Gasteiger partial charge on any atom is -0.309 e. The maximum atomic E-state index is 10.4. The minimum absolute atomic E-state index is 0.210. The standard InChI is InChI=1S/C41H26N4/c1-41(2)35-12-6-3-9-29(35)32-16-17-33-30-10-4-8-14-37(30)45(40(33)39(32)41)28-20-26(24-43)19-27(22-28)44-36-13-7-5-11-31(36)34-21-25(23-42)15-18-38(34)44/h3-22H,1-2H3. The van der Waals surface area contributed by atoms with E-state index >= 15 is 0 Å². The second-order valence-corrected chi connectivity index (χ2v) is 12.5. The smallest absolute Gasteiger partial charge is 0.0993 e. The van der Waals surface area contributed by atoms with Gasteiger partial charge in [-0.25, -0.2) is 0 Å². The van der Waals surface area contributed by atoms with Gasteiger partial charge in [0.05, 0.1) is 45.3 Å². The van der Waals surface area contributed by atoms with Crippen LogP contribution in [-0.2, 0) is 5.41 Å². The van der Waals surface area contributed by atoms with Gasteiger partial charge < -0.3 is 9.13 Å². The zero-order chi connectivity index (χ0) is 30.4. The lowest BCUT2D eigenvalue weighted by Gasteiger charge is -2.24. The molecular weight excluding hydrogens is 548 g/mol. The van der Waals surface area contributed by atoms with Gasteiger partial charge in [-0.05, 0) is 70.8 Å². The molecule has 0 unspecified atom stereocenters. The first-order valence-corrected chi connectivity index (χ1v) is 15.2. The number of aromatic nitrogens is 2. The summed E-state index contributed by atoms with van der Waals surface area (Å²) in [4.78, 5) is 0. The first-order chi connectivity index (χ1) is 22.0. The number of benzene rings is 6. The van der Waals surface area contributed by atoms with Crippen molar-refractivity contribution >= 4 is 43.6 Å². The predicted octanol–water partition coefficient (Wildman–Crippen LogP) is 9.93. The van der Waals surface area contributed by atoms with Crippen LogP contribution in [0.5, 0.6) is 0 Å². The zero-order valence-electron chi connectivity index (χ0n) is 24.8. The summed E-state index contributed by atoms with van der Waals surface area (Å²) in [5, 5.41) is 24.5. The van der Waals surface area contributed by atoms with Crippen molar-refractivity contribution in [1.82, 2.24) is 9.13 Å². The summed E-state index contributed by atoms with van der Waals surface area (Å²) in [5.74, 6) is 0. The van der Waals surface area contributed by atoms with Crippen LogP contribution in [-0.4, -0.2) is 9.13 Å². The number of hydrogen-bond acceptors (Lipinski definition) is 2. The summed E-state index contributed by atoms with van der Waals surface area (Å²) < 4.78 is 4.58. The Morgan fingerprint density at radius 2 is 1.13 bits per heavy atom. The summed E-state index contributed by atoms with van der Waals surface area (Å²) in [6, 6.07) is 46.9. The third-order valence-corrected chi connectivity index (χ3v) is 9.70. The van der Waals surface area contributed by atoms with Crippen molar-refractivity contribution in [2.45, 2.75) is 19.3 Å². The van der Waals surface area contributed by atoms with E-state index in [0.717, 1.165) is 38.7 Å². The molecular formula is C41H26N4. The molecule has 1 aliphatic carbocycles. The van der Waals surface area contributed by atoms with E-state index in [1.54, 1.807) is 0 Å². The van der Waals surface area contributed by atoms with Crippen LogP contribution in [0.15, 0.2) is 121 Å². The first-order valence-electron chi connectivity index (χ1n) is 15.2. The van der Waals surface area contributed by atoms with Gasteiger partial charge in [-0.15, -0.1) is 0 Å². The van der Waals surface area contributed by atoms with E-state index in [1.807, 2.05) is 42.5 Å². The largest absolute Gasteiger partial charge is 0.309 e. The van der Waals surface area contributed by atoms with Gasteiger partial charge in [0.1, 0.15) is 0 Å². The average Bonchev–Trinajstić information content (AvgIpc) is 3.67. The average molecular weight is 575 g/mol. The van der Waals surface area contributed by atoms with Crippen LogP contribution < -0.4 is 0 Å². The Labute approximate surface area is 260 Å². The SMILES string of the molecule is CC1(C)c2ccccc2-c2ccc3c4ccccc4n(-c4cc(C#N)cc(-n5c6ccccc6c6cc(C#N)ccc65)c4)c3c21. The van der Waals surface area contributed by atoms with E-state index in [4.69, 9.17) is 0 Å². The number of nitrogens with zero attached hydrogens (tertiary/aromatic N) is 4. The molecule has 0 radical (unpaired) electrons. The Kier molecular flexibility index (Phi) is 5.06. The molecule has 1 aliphatic rings. The van der Waals surface area contributed by atoms with Crippen LogP contribution in [0.3, 0.4) is 0 Å². The minimum atomic E-state index is -0.210. The van der Waals surface area contributed by atoms with E-state index in [9.17, 15) is 10.5 Å². The molecule has 0 amide bonds. The van der Waals surface area contributed by atoms with E-state index in [0.29, 0.717) is 11.1 Å². The number of hydrogen-bond donors (Lipinski definition) is 0. The number of rotatable bonds is 2. The van der Waals surface area contributed by atoms with E-state index in [1.165, 1.54) is 38.5 Å². The van der Waals surface area contributed by atoms with Crippen molar-refractivity contribution in [2.75, 3.05) is 0 Å². The van der Waals surface area contributed by atoms with Gasteiger partial charge in [0, 0.05) is 38.3 Å². The highest BCUT2D eigenvalue weighted by Crippen LogP contribution is 2.53. The second kappa shape index (κ2) is 8.96. The molecule has 0 spiro atoms. The predicted molar refractivity (Wildman–Crippen MR) is 182 cm³/mol. The van der Waals surface area contributed by atoms with Crippen molar-refractivity contribution in [3.8, 4) is 34.6 Å². The fourth-order valence-corrected chi connectivity index (χ4v) is 7.82. The maximum absolute atomic E-state index is 10.4. The van der Waals surface area contributed by atoms with E-state index in [-0.39, 0.29) is 5.41 Å². The Morgan fingerprint density at radius 1 is 0.511 bits per heavy atom. The Balaban J connectivity index is 1.41. The molecule has 0 saturated heterocycles. The summed E-state index contributed by atoms with van der Waals surface area (Å²) in [6.45, 7) is 4.65. The molecule has 45 heavy (non-hydrogen) atoms. The molecule has 0 atom stereocenters. The van der Waals surface area contributed by atoms with Crippen molar-refractivity contribution in [3.63, 3.8) is 0 Å². The molecule has 9 rings (SSSR count). The molecule has 0 aliphatic heterocycles.